The molecule has 1 atom stereocenters. The van der Waals surface area contributed by atoms with E-state index in [0.29, 0.717) is 11.5 Å². The number of carbonyl (C=O) groups is 1. The van der Waals surface area contributed by atoms with Crippen molar-refractivity contribution >= 4 is 17.8 Å². The Morgan fingerprint density at radius 1 is 1.18 bits per heavy atom. The molecule has 0 saturated carbocycles. The Kier molecular flexibility index (Phi) is 4.55. The van der Waals surface area contributed by atoms with Gasteiger partial charge in [-0.05, 0) is 29.8 Å². The first-order valence-electron chi connectivity index (χ1n) is 9.24. The van der Waals surface area contributed by atoms with Crippen molar-refractivity contribution in [3.05, 3.63) is 65.9 Å². The standard InChI is InChI=1S/C22H23N3O3/c1-22(2)15-8-4-5-9-16(15)25(3)20(22)12-13-23-24-21(26)19-14-27-17-10-6-7-11-18(17)28-19/h4-13,19H,14H2,1-3H3,(H,24,26)/b20-12-,23-13-/t19-/m1/s1. The average Bonchev–Trinajstić information content (AvgIpc) is 2.91. The minimum Gasteiger partial charge on any atom is -0.485 e. The van der Waals surface area contributed by atoms with Crippen molar-refractivity contribution < 1.29 is 14.3 Å². The second-order valence-corrected chi connectivity index (χ2v) is 7.37. The van der Waals surface area contributed by atoms with Crippen LogP contribution in [0.4, 0.5) is 5.69 Å². The molecule has 0 bridgehead atoms. The lowest BCUT2D eigenvalue weighted by Gasteiger charge is -2.24. The largest absolute Gasteiger partial charge is 0.485 e. The summed E-state index contributed by atoms with van der Waals surface area (Å²) >= 11 is 0. The normalized spacial score (nSPS) is 21.0. The molecule has 28 heavy (non-hydrogen) atoms. The minimum atomic E-state index is -0.727. The molecule has 2 aromatic rings. The third-order valence-electron chi connectivity index (χ3n) is 5.22. The van der Waals surface area contributed by atoms with Gasteiger partial charge in [0.25, 0.3) is 5.91 Å². The number of hydrazone groups is 1. The number of anilines is 1. The third kappa shape index (κ3) is 3.11. The second-order valence-electron chi connectivity index (χ2n) is 7.37. The van der Waals surface area contributed by atoms with Crippen LogP contribution >= 0.6 is 0 Å². The minimum absolute atomic E-state index is 0.134. The first kappa shape index (κ1) is 18.1. The fourth-order valence-electron chi connectivity index (χ4n) is 3.73. The van der Waals surface area contributed by atoms with Crippen LogP contribution in [0.25, 0.3) is 0 Å². The SMILES string of the molecule is CN1/C(=C\C=N/NC(=O)[C@H]2COc3ccccc3O2)C(C)(C)c2ccccc21. The summed E-state index contributed by atoms with van der Waals surface area (Å²) in [5.74, 6) is 0.865. The van der Waals surface area contributed by atoms with Crippen LogP contribution in [0.2, 0.25) is 0 Å². The third-order valence-corrected chi connectivity index (χ3v) is 5.22. The van der Waals surface area contributed by atoms with E-state index < -0.39 is 6.10 Å². The highest BCUT2D eigenvalue weighted by atomic mass is 16.6. The zero-order valence-corrected chi connectivity index (χ0v) is 16.2. The molecule has 0 fully saturated rings. The molecule has 0 aromatic heterocycles. The molecule has 2 aromatic carbocycles. The lowest BCUT2D eigenvalue weighted by Crippen LogP contribution is -2.42. The van der Waals surface area contributed by atoms with Crippen molar-refractivity contribution in [2.75, 3.05) is 18.6 Å². The van der Waals surface area contributed by atoms with E-state index in [9.17, 15) is 4.79 Å². The van der Waals surface area contributed by atoms with Crippen LogP contribution in [-0.2, 0) is 10.2 Å². The number of hydrogen-bond donors (Lipinski definition) is 1. The predicted molar refractivity (Wildman–Crippen MR) is 109 cm³/mol. The molecule has 2 aliphatic heterocycles. The van der Waals surface area contributed by atoms with Crippen LogP contribution in [-0.4, -0.2) is 31.9 Å². The molecule has 0 radical (unpaired) electrons. The van der Waals surface area contributed by atoms with E-state index in [1.165, 1.54) is 11.3 Å². The van der Waals surface area contributed by atoms with Gasteiger partial charge in [0.05, 0.1) is 0 Å². The maximum atomic E-state index is 12.3. The number of allylic oxidation sites excluding steroid dienone is 2. The topological polar surface area (TPSA) is 63.2 Å². The number of para-hydroxylation sites is 3. The van der Waals surface area contributed by atoms with E-state index in [4.69, 9.17) is 9.47 Å². The Labute approximate surface area is 164 Å². The van der Waals surface area contributed by atoms with Crippen LogP contribution in [0.15, 0.2) is 65.4 Å². The number of carbonyl (C=O) groups excluding carboxylic acids is 1. The number of benzene rings is 2. The van der Waals surface area contributed by atoms with Gasteiger partial charge in [-0.15, -0.1) is 0 Å². The van der Waals surface area contributed by atoms with E-state index >= 15 is 0 Å². The van der Waals surface area contributed by atoms with Crippen LogP contribution in [0.5, 0.6) is 11.5 Å². The number of rotatable bonds is 3. The summed E-state index contributed by atoms with van der Waals surface area (Å²) in [7, 11) is 2.04. The van der Waals surface area contributed by atoms with E-state index in [-0.39, 0.29) is 17.9 Å². The van der Waals surface area contributed by atoms with E-state index in [0.717, 1.165) is 5.70 Å². The summed E-state index contributed by atoms with van der Waals surface area (Å²) in [5, 5.41) is 4.07. The fraction of sp³-hybridized carbons (Fsp3) is 0.273. The van der Waals surface area contributed by atoms with Gasteiger partial charge in [-0.25, -0.2) is 5.43 Å². The first-order valence-corrected chi connectivity index (χ1v) is 9.24. The van der Waals surface area contributed by atoms with Gasteiger partial charge in [0.2, 0.25) is 6.10 Å². The smallest absolute Gasteiger partial charge is 0.284 e. The van der Waals surface area contributed by atoms with Crippen molar-refractivity contribution in [3.8, 4) is 11.5 Å². The van der Waals surface area contributed by atoms with Gasteiger partial charge in [-0.2, -0.15) is 5.10 Å². The molecule has 2 heterocycles. The molecular weight excluding hydrogens is 354 g/mol. The Hall–Kier alpha value is -3.28. The summed E-state index contributed by atoms with van der Waals surface area (Å²) in [4.78, 5) is 14.5. The van der Waals surface area contributed by atoms with Gasteiger partial charge in [0, 0.05) is 30.1 Å². The molecule has 2 aliphatic rings. The Morgan fingerprint density at radius 3 is 2.68 bits per heavy atom. The van der Waals surface area contributed by atoms with Gasteiger partial charge in [0.15, 0.2) is 11.5 Å². The molecule has 0 aliphatic carbocycles. The van der Waals surface area contributed by atoms with E-state index in [1.54, 1.807) is 12.3 Å². The predicted octanol–water partition coefficient (Wildman–Crippen LogP) is 3.24. The molecule has 4 rings (SSSR count). The van der Waals surface area contributed by atoms with Crippen LogP contribution in [0.3, 0.4) is 0 Å². The highest BCUT2D eigenvalue weighted by Crippen LogP contribution is 2.46. The quantitative estimate of drug-likeness (QED) is 0.659. The number of nitrogens with zero attached hydrogens (tertiary/aromatic N) is 2. The van der Waals surface area contributed by atoms with Crippen molar-refractivity contribution in [1.82, 2.24) is 5.43 Å². The zero-order valence-electron chi connectivity index (χ0n) is 16.2. The molecule has 6 nitrogen and oxygen atoms in total. The van der Waals surface area contributed by atoms with Crippen molar-refractivity contribution in [2.45, 2.75) is 25.4 Å². The second kappa shape index (κ2) is 7.03. The van der Waals surface area contributed by atoms with Crippen LogP contribution in [0, 0.1) is 0 Å². The molecule has 1 N–H and O–H groups in total. The summed E-state index contributed by atoms with van der Waals surface area (Å²) in [6.07, 6.45) is 2.80. The number of amides is 1. The maximum Gasteiger partial charge on any atom is 0.284 e. The lowest BCUT2D eigenvalue weighted by atomic mass is 9.84. The summed E-state index contributed by atoms with van der Waals surface area (Å²) < 4.78 is 11.2. The van der Waals surface area contributed by atoms with E-state index in [1.807, 2.05) is 37.4 Å². The van der Waals surface area contributed by atoms with Gasteiger partial charge in [-0.3, -0.25) is 4.79 Å². The number of likely N-dealkylation sites (N-methyl/N-ethyl adjacent to an activating group) is 1. The highest BCUT2D eigenvalue weighted by Gasteiger charge is 2.37. The summed E-state index contributed by atoms with van der Waals surface area (Å²) in [6.45, 7) is 4.51. The van der Waals surface area contributed by atoms with Gasteiger partial charge < -0.3 is 14.4 Å². The van der Waals surface area contributed by atoms with Crippen molar-refractivity contribution in [1.29, 1.82) is 0 Å². The van der Waals surface area contributed by atoms with Crippen molar-refractivity contribution in [2.24, 2.45) is 5.10 Å². The molecular formula is C22H23N3O3. The van der Waals surface area contributed by atoms with E-state index in [2.05, 4.69) is 47.5 Å². The highest BCUT2D eigenvalue weighted by molar-refractivity contribution is 5.84. The zero-order chi connectivity index (χ0) is 19.7. The number of fused-ring (bicyclic) bond motifs is 2. The Morgan fingerprint density at radius 2 is 1.89 bits per heavy atom. The number of hydrogen-bond acceptors (Lipinski definition) is 5. The Balaban J connectivity index is 1.41. The lowest BCUT2D eigenvalue weighted by molar-refractivity contribution is -0.130. The fourth-order valence-corrected chi connectivity index (χ4v) is 3.73. The summed E-state index contributed by atoms with van der Waals surface area (Å²) in [6, 6.07) is 15.6. The number of nitrogens with one attached hydrogen (secondary N) is 1. The molecule has 1 amide bonds. The maximum absolute atomic E-state index is 12.3. The molecule has 0 saturated heterocycles. The van der Waals surface area contributed by atoms with Gasteiger partial charge >= 0.3 is 0 Å². The van der Waals surface area contributed by atoms with Crippen LogP contribution < -0.4 is 19.8 Å². The van der Waals surface area contributed by atoms with Gasteiger partial charge in [-0.1, -0.05) is 44.2 Å². The molecule has 6 heteroatoms. The number of ether oxygens (including phenoxy) is 2. The molecule has 144 valence electrons. The molecule has 0 unspecified atom stereocenters. The average molecular weight is 377 g/mol. The first-order chi connectivity index (χ1) is 13.5. The Bertz CT molecular complexity index is 965. The molecule has 0 spiro atoms. The van der Waals surface area contributed by atoms with Gasteiger partial charge in [0.1, 0.15) is 6.61 Å². The summed E-state index contributed by atoms with van der Waals surface area (Å²) in [5.41, 5.74) is 5.96. The van der Waals surface area contributed by atoms with Crippen molar-refractivity contribution in [3.63, 3.8) is 0 Å². The monoisotopic (exact) mass is 377 g/mol. The van der Waals surface area contributed by atoms with Crippen LogP contribution in [0.1, 0.15) is 19.4 Å².